The first-order chi connectivity index (χ1) is 12.6. The molecular weight excluding hydrogens is 352 g/mol. The summed E-state index contributed by atoms with van der Waals surface area (Å²) in [5.74, 6) is 1.02. The fourth-order valence-electron chi connectivity index (χ4n) is 2.59. The lowest BCUT2D eigenvalue weighted by molar-refractivity contribution is -0.118. The van der Waals surface area contributed by atoms with Gasteiger partial charge >= 0.3 is 0 Å². The predicted octanol–water partition coefficient (Wildman–Crippen LogP) is 0.859. The number of rotatable bonds is 7. The van der Waals surface area contributed by atoms with Gasteiger partial charge in [0, 0.05) is 25.5 Å². The number of nitrogens with zero attached hydrogens (tertiary/aromatic N) is 7. The largest absolute Gasteiger partial charge is 0.355 e. The summed E-state index contributed by atoms with van der Waals surface area (Å²) in [7, 11) is 1.74. The topological polar surface area (TPSA) is 103 Å². The van der Waals surface area contributed by atoms with Crippen LogP contribution in [0, 0.1) is 13.8 Å². The van der Waals surface area contributed by atoms with Crippen LogP contribution in [-0.2, 0) is 18.3 Å². The van der Waals surface area contributed by atoms with E-state index in [4.69, 9.17) is 0 Å². The SMILES string of the molecule is Cc1nn(-c2ccccn2)c(C)c1CCNC(=O)CSc1nnnn1C. The van der Waals surface area contributed by atoms with Gasteiger partial charge in [0.1, 0.15) is 0 Å². The van der Waals surface area contributed by atoms with E-state index in [-0.39, 0.29) is 11.7 Å². The van der Waals surface area contributed by atoms with Gasteiger partial charge in [-0.2, -0.15) is 5.10 Å². The molecule has 3 heterocycles. The highest BCUT2D eigenvalue weighted by Crippen LogP contribution is 2.17. The van der Waals surface area contributed by atoms with Crippen LogP contribution >= 0.6 is 11.8 Å². The second-order valence-corrected chi connectivity index (χ2v) is 6.67. The van der Waals surface area contributed by atoms with E-state index < -0.39 is 0 Å². The zero-order valence-electron chi connectivity index (χ0n) is 14.9. The Morgan fingerprint density at radius 1 is 1.31 bits per heavy atom. The summed E-state index contributed by atoms with van der Waals surface area (Å²) >= 11 is 1.31. The highest BCUT2D eigenvalue weighted by Gasteiger charge is 2.14. The minimum Gasteiger partial charge on any atom is -0.355 e. The Hall–Kier alpha value is -2.75. The number of aryl methyl sites for hydroxylation is 2. The van der Waals surface area contributed by atoms with Crippen LogP contribution in [0.5, 0.6) is 0 Å². The molecule has 0 aliphatic rings. The summed E-state index contributed by atoms with van der Waals surface area (Å²) in [5, 5.41) is 19.2. The lowest BCUT2D eigenvalue weighted by Gasteiger charge is -2.06. The summed E-state index contributed by atoms with van der Waals surface area (Å²) < 4.78 is 3.38. The molecule has 0 spiro atoms. The van der Waals surface area contributed by atoms with Crippen molar-refractivity contribution in [3.05, 3.63) is 41.3 Å². The van der Waals surface area contributed by atoms with E-state index >= 15 is 0 Å². The molecule has 0 saturated heterocycles. The summed E-state index contributed by atoms with van der Waals surface area (Å²) in [6.45, 7) is 4.54. The zero-order chi connectivity index (χ0) is 18.5. The highest BCUT2D eigenvalue weighted by molar-refractivity contribution is 7.99. The third kappa shape index (κ3) is 4.07. The van der Waals surface area contributed by atoms with Crippen LogP contribution in [0.25, 0.3) is 5.82 Å². The number of pyridine rings is 1. The third-order valence-corrected chi connectivity index (χ3v) is 4.93. The van der Waals surface area contributed by atoms with Crippen molar-refractivity contribution in [1.82, 2.24) is 40.3 Å². The van der Waals surface area contributed by atoms with Gasteiger partial charge < -0.3 is 5.32 Å². The Morgan fingerprint density at radius 3 is 2.85 bits per heavy atom. The van der Waals surface area contributed by atoms with Crippen LogP contribution < -0.4 is 5.32 Å². The number of carbonyl (C=O) groups is 1. The van der Waals surface area contributed by atoms with Crippen molar-refractivity contribution in [2.45, 2.75) is 25.4 Å². The quantitative estimate of drug-likeness (QED) is 0.613. The Morgan fingerprint density at radius 2 is 2.15 bits per heavy atom. The summed E-state index contributed by atoms with van der Waals surface area (Å²) in [4.78, 5) is 16.3. The minimum atomic E-state index is -0.0505. The fraction of sp³-hybridized carbons (Fsp3) is 0.375. The van der Waals surface area contributed by atoms with Gasteiger partial charge in [0.25, 0.3) is 0 Å². The minimum absolute atomic E-state index is 0.0505. The Kier molecular flexibility index (Phi) is 5.61. The molecule has 0 unspecified atom stereocenters. The summed E-state index contributed by atoms with van der Waals surface area (Å²) in [5.41, 5.74) is 3.11. The van der Waals surface area contributed by atoms with E-state index in [0.29, 0.717) is 18.1 Å². The van der Waals surface area contributed by atoms with Gasteiger partial charge in [0.15, 0.2) is 5.82 Å². The second kappa shape index (κ2) is 8.09. The van der Waals surface area contributed by atoms with Crippen molar-refractivity contribution >= 4 is 17.7 Å². The van der Waals surface area contributed by atoms with Crippen LogP contribution in [0.1, 0.15) is 17.0 Å². The molecule has 3 aromatic heterocycles. The molecule has 10 heteroatoms. The predicted molar refractivity (Wildman–Crippen MR) is 97.1 cm³/mol. The number of hydrogen-bond donors (Lipinski definition) is 1. The maximum Gasteiger partial charge on any atom is 0.230 e. The van der Waals surface area contributed by atoms with Gasteiger partial charge in [-0.15, -0.1) is 5.10 Å². The second-order valence-electron chi connectivity index (χ2n) is 5.72. The van der Waals surface area contributed by atoms with Gasteiger partial charge in [0.2, 0.25) is 11.1 Å². The molecule has 0 aromatic carbocycles. The molecular formula is C16H20N8OS. The standard InChI is InChI=1S/C16H20N8OS/c1-11-13(12(2)24(20-11)14-6-4-5-8-17-14)7-9-18-15(25)10-26-16-19-21-22-23(16)3/h4-6,8H,7,9-10H2,1-3H3,(H,18,25). The number of aromatic nitrogens is 7. The lowest BCUT2D eigenvalue weighted by atomic mass is 10.1. The van der Waals surface area contributed by atoms with Gasteiger partial charge in [0.05, 0.1) is 11.4 Å². The first-order valence-electron chi connectivity index (χ1n) is 8.14. The number of nitrogens with one attached hydrogen (secondary N) is 1. The maximum absolute atomic E-state index is 12.0. The molecule has 0 aliphatic heterocycles. The van der Waals surface area contributed by atoms with Crippen LogP contribution in [0.2, 0.25) is 0 Å². The Labute approximate surface area is 155 Å². The van der Waals surface area contributed by atoms with Crippen molar-refractivity contribution in [2.24, 2.45) is 7.05 Å². The first-order valence-corrected chi connectivity index (χ1v) is 9.13. The fourth-order valence-corrected chi connectivity index (χ4v) is 3.27. The monoisotopic (exact) mass is 372 g/mol. The van der Waals surface area contributed by atoms with Crippen molar-refractivity contribution in [3.63, 3.8) is 0 Å². The molecule has 3 rings (SSSR count). The number of carbonyl (C=O) groups excluding carboxylic acids is 1. The van der Waals surface area contributed by atoms with E-state index in [1.54, 1.807) is 13.2 Å². The van der Waals surface area contributed by atoms with E-state index in [1.807, 2.05) is 36.7 Å². The van der Waals surface area contributed by atoms with Crippen LogP contribution in [0.3, 0.4) is 0 Å². The lowest BCUT2D eigenvalue weighted by Crippen LogP contribution is -2.27. The molecule has 0 radical (unpaired) electrons. The smallest absolute Gasteiger partial charge is 0.230 e. The van der Waals surface area contributed by atoms with Crippen molar-refractivity contribution < 1.29 is 4.79 Å². The number of tetrazole rings is 1. The average molecular weight is 372 g/mol. The van der Waals surface area contributed by atoms with Gasteiger partial charge in [-0.25, -0.2) is 14.3 Å². The molecule has 0 saturated carbocycles. The summed E-state index contributed by atoms with van der Waals surface area (Å²) in [6.07, 6.45) is 2.46. The van der Waals surface area contributed by atoms with Crippen molar-refractivity contribution in [1.29, 1.82) is 0 Å². The first kappa shape index (κ1) is 18.1. The summed E-state index contributed by atoms with van der Waals surface area (Å²) in [6, 6.07) is 5.73. The third-order valence-electron chi connectivity index (χ3n) is 3.92. The average Bonchev–Trinajstić information content (AvgIpc) is 3.18. The highest BCUT2D eigenvalue weighted by atomic mass is 32.2. The van der Waals surface area contributed by atoms with E-state index in [0.717, 1.165) is 22.8 Å². The molecule has 3 aromatic rings. The van der Waals surface area contributed by atoms with Crippen LogP contribution in [-0.4, -0.2) is 53.2 Å². The van der Waals surface area contributed by atoms with Crippen molar-refractivity contribution in [3.8, 4) is 5.82 Å². The normalized spacial score (nSPS) is 10.9. The molecule has 9 nitrogen and oxygen atoms in total. The van der Waals surface area contributed by atoms with Crippen LogP contribution in [0.15, 0.2) is 29.6 Å². The maximum atomic E-state index is 12.0. The molecule has 26 heavy (non-hydrogen) atoms. The molecule has 1 amide bonds. The molecule has 136 valence electrons. The molecule has 0 aliphatic carbocycles. The molecule has 0 bridgehead atoms. The molecule has 1 N–H and O–H groups in total. The van der Waals surface area contributed by atoms with Gasteiger partial charge in [-0.1, -0.05) is 17.8 Å². The number of thioether (sulfide) groups is 1. The molecule has 0 atom stereocenters. The van der Waals surface area contributed by atoms with E-state index in [9.17, 15) is 4.79 Å². The number of amides is 1. The Bertz CT molecular complexity index is 889. The number of hydrogen-bond acceptors (Lipinski definition) is 7. The van der Waals surface area contributed by atoms with E-state index in [1.165, 1.54) is 16.4 Å². The van der Waals surface area contributed by atoms with E-state index in [2.05, 4.69) is 30.9 Å². The molecule has 0 fully saturated rings. The Balaban J connectivity index is 1.54. The zero-order valence-corrected chi connectivity index (χ0v) is 15.7. The van der Waals surface area contributed by atoms with Crippen LogP contribution in [0.4, 0.5) is 0 Å². The van der Waals surface area contributed by atoms with Gasteiger partial charge in [-0.05, 0) is 48.4 Å². The van der Waals surface area contributed by atoms with Crippen molar-refractivity contribution in [2.75, 3.05) is 12.3 Å². The van der Waals surface area contributed by atoms with Gasteiger partial charge in [-0.3, -0.25) is 4.79 Å².